The number of carbonyl (C=O) groups excluding carboxylic acids is 2. The van der Waals surface area contributed by atoms with Gasteiger partial charge in [0.15, 0.2) is 6.10 Å². The van der Waals surface area contributed by atoms with E-state index in [-0.39, 0.29) is 12.8 Å². The van der Waals surface area contributed by atoms with Crippen LogP contribution in [0.2, 0.25) is 0 Å². The zero-order valence-corrected chi connectivity index (χ0v) is 39.1. The third-order valence-corrected chi connectivity index (χ3v) is 10.3. The Kier molecular flexibility index (Phi) is 39.2. The van der Waals surface area contributed by atoms with Crippen molar-refractivity contribution in [2.45, 2.75) is 167 Å². The Labute approximate surface area is 371 Å². The highest BCUT2D eigenvalue weighted by Gasteiger charge is 2.28. The van der Waals surface area contributed by atoms with Gasteiger partial charge in [0.2, 0.25) is 0 Å². The molecule has 0 aliphatic rings. The van der Waals surface area contributed by atoms with E-state index in [1.54, 1.807) is 6.08 Å². The minimum absolute atomic E-state index is 0.0292. The van der Waals surface area contributed by atoms with Crippen LogP contribution in [0.25, 0.3) is 0 Å². The average molecular weight is 917 g/mol. The van der Waals surface area contributed by atoms with Crippen LogP contribution < -0.4 is 0 Å². The van der Waals surface area contributed by atoms with Crippen molar-refractivity contribution in [3.8, 4) is 0 Å². The summed E-state index contributed by atoms with van der Waals surface area (Å²) in [4.78, 5) is 52.7. The molecule has 0 aliphatic carbocycles. The second kappa shape index (κ2) is 41.0. The van der Waals surface area contributed by atoms with Gasteiger partial charge in [-0.1, -0.05) is 144 Å². The number of phosphoric acid groups is 2. The lowest BCUT2D eigenvalue weighted by Gasteiger charge is -2.20. The highest BCUT2D eigenvalue weighted by atomic mass is 31.2. The van der Waals surface area contributed by atoms with Crippen LogP contribution in [-0.2, 0) is 41.8 Å². The molecule has 0 aromatic rings. The highest BCUT2D eigenvalue weighted by Crippen LogP contribution is 2.43. The normalized spacial score (nSPS) is 15.3. The number of esters is 2. The molecular formula is C46H78O14P2. The smallest absolute Gasteiger partial charge is 0.462 e. The standard InChI is InChI=1S/C46H78O14P2/c1-3-5-7-8-9-10-11-12-13-14-15-16-20-23-26-29-32-36-45(49)56-40-44(41-59-62(54,55)58-39-43(48)38-57-61(51,52)53)60-46(50)37-33-30-27-24-21-18-17-19-22-25-28-31-35-42(47)34-6-4-2/h6,9-10,12-13,17-18,22,24-25,27-28,31,34,42-44,47-48H,3-5,7-8,11,14-16,19-21,23,26,29-30,32-33,35-41H2,1-2H3,(H,54,55)(H2,51,52,53)/b10-9-,13-12-,18-17-,25-22-,27-24-,31-28+,34-6-/t42?,43-,44+/m0/s1. The second-order valence-electron chi connectivity index (χ2n) is 14.8. The van der Waals surface area contributed by atoms with Crippen LogP contribution in [0.15, 0.2) is 85.1 Å². The van der Waals surface area contributed by atoms with Crippen molar-refractivity contribution >= 4 is 27.6 Å². The molecule has 0 aliphatic heterocycles. The highest BCUT2D eigenvalue weighted by molar-refractivity contribution is 7.47. The van der Waals surface area contributed by atoms with Crippen LogP contribution in [-0.4, -0.2) is 81.6 Å². The van der Waals surface area contributed by atoms with E-state index in [9.17, 15) is 33.8 Å². The summed E-state index contributed by atoms with van der Waals surface area (Å²) < 4.78 is 47.7. The van der Waals surface area contributed by atoms with Gasteiger partial charge in [-0.2, -0.15) is 0 Å². The molecule has 2 unspecified atom stereocenters. The maximum absolute atomic E-state index is 12.7. The Hall–Kier alpha value is -2.74. The van der Waals surface area contributed by atoms with Crippen LogP contribution in [0.4, 0.5) is 0 Å². The summed E-state index contributed by atoms with van der Waals surface area (Å²) in [6.07, 6.45) is 43.5. The second-order valence-corrected chi connectivity index (χ2v) is 17.5. The van der Waals surface area contributed by atoms with Gasteiger partial charge in [0.05, 0.1) is 25.9 Å². The predicted octanol–water partition coefficient (Wildman–Crippen LogP) is 10.5. The van der Waals surface area contributed by atoms with Gasteiger partial charge >= 0.3 is 27.6 Å². The van der Waals surface area contributed by atoms with Gasteiger partial charge in [0.25, 0.3) is 0 Å². The lowest BCUT2D eigenvalue weighted by Crippen LogP contribution is -2.29. The summed E-state index contributed by atoms with van der Waals surface area (Å²) in [5.74, 6) is -1.14. The van der Waals surface area contributed by atoms with Crippen LogP contribution >= 0.6 is 15.6 Å². The Morgan fingerprint density at radius 3 is 1.69 bits per heavy atom. The number of ether oxygens (including phenoxy) is 2. The molecule has 0 aromatic carbocycles. The minimum Gasteiger partial charge on any atom is -0.462 e. The van der Waals surface area contributed by atoms with Crippen molar-refractivity contribution < 1.29 is 66.7 Å². The first-order chi connectivity index (χ1) is 29.8. The average Bonchev–Trinajstić information content (AvgIpc) is 3.23. The number of allylic oxidation sites excluding steroid dienone is 12. The van der Waals surface area contributed by atoms with Gasteiger partial charge < -0.3 is 34.4 Å². The van der Waals surface area contributed by atoms with Gasteiger partial charge in [-0.25, -0.2) is 9.13 Å². The summed E-state index contributed by atoms with van der Waals surface area (Å²) >= 11 is 0. The van der Waals surface area contributed by atoms with E-state index >= 15 is 0 Å². The number of carbonyl (C=O) groups is 2. The van der Waals surface area contributed by atoms with Gasteiger partial charge in [0.1, 0.15) is 12.7 Å². The Balaban J connectivity index is 4.65. The number of phosphoric ester groups is 2. The van der Waals surface area contributed by atoms with Gasteiger partial charge in [-0.05, 0) is 77.0 Å². The topological polar surface area (TPSA) is 216 Å². The molecule has 4 atom stereocenters. The molecule has 0 spiro atoms. The Bertz CT molecular complexity index is 1430. The van der Waals surface area contributed by atoms with Crippen LogP contribution in [0, 0.1) is 0 Å². The molecule has 62 heavy (non-hydrogen) atoms. The van der Waals surface area contributed by atoms with E-state index in [0.717, 1.165) is 77.0 Å². The van der Waals surface area contributed by atoms with Crippen molar-refractivity contribution in [3.05, 3.63) is 85.1 Å². The number of hydrogen-bond acceptors (Lipinski definition) is 11. The van der Waals surface area contributed by atoms with Crippen molar-refractivity contribution in [3.63, 3.8) is 0 Å². The first-order valence-electron chi connectivity index (χ1n) is 22.4. The number of aliphatic hydroxyl groups excluding tert-OH is 2. The van der Waals surface area contributed by atoms with Crippen LogP contribution in [0.3, 0.4) is 0 Å². The van der Waals surface area contributed by atoms with E-state index < -0.39 is 72.3 Å². The Morgan fingerprint density at radius 2 is 1.06 bits per heavy atom. The third kappa shape index (κ3) is 43.9. The van der Waals surface area contributed by atoms with E-state index in [0.29, 0.717) is 25.7 Å². The molecule has 0 heterocycles. The molecule has 0 bridgehead atoms. The molecule has 5 N–H and O–H groups in total. The SMILES string of the molecule is CC/C=C\C(O)C/C=C/C=C\C/C=C\C/C=C\CCCC(=O)O[C@H](COC(=O)CCCCCCCCC/C=C\C/C=C\CCCCC)COP(=O)(O)OC[C@@H](O)COP(=O)(O)O. The van der Waals surface area contributed by atoms with Gasteiger partial charge in [0, 0.05) is 12.8 Å². The first-order valence-corrected chi connectivity index (χ1v) is 25.4. The van der Waals surface area contributed by atoms with Crippen LogP contribution in [0.1, 0.15) is 149 Å². The Morgan fingerprint density at radius 1 is 0.548 bits per heavy atom. The van der Waals surface area contributed by atoms with E-state index in [2.05, 4.69) is 40.3 Å². The summed E-state index contributed by atoms with van der Waals surface area (Å²) in [5.41, 5.74) is 0. The minimum atomic E-state index is -4.88. The molecule has 16 heteroatoms. The van der Waals surface area contributed by atoms with Crippen molar-refractivity contribution in [2.24, 2.45) is 0 Å². The van der Waals surface area contributed by atoms with E-state index in [1.807, 2.05) is 61.6 Å². The fourth-order valence-corrected chi connectivity index (χ4v) is 6.59. The number of aliphatic hydroxyl groups is 2. The lowest BCUT2D eigenvalue weighted by atomic mass is 10.1. The zero-order valence-electron chi connectivity index (χ0n) is 37.3. The fraction of sp³-hybridized carbons (Fsp3) is 0.652. The number of unbranched alkanes of at least 4 members (excludes halogenated alkanes) is 11. The molecule has 0 fully saturated rings. The molecule has 0 radical (unpaired) electrons. The quantitative estimate of drug-likeness (QED) is 0.0127. The van der Waals surface area contributed by atoms with Crippen molar-refractivity contribution in [1.82, 2.24) is 0 Å². The molecule has 0 saturated carbocycles. The largest absolute Gasteiger partial charge is 0.472 e. The third-order valence-electron chi connectivity index (χ3n) is 8.83. The zero-order chi connectivity index (χ0) is 46.0. The number of rotatable bonds is 41. The maximum Gasteiger partial charge on any atom is 0.472 e. The van der Waals surface area contributed by atoms with Crippen molar-refractivity contribution in [2.75, 3.05) is 26.4 Å². The predicted molar refractivity (Wildman–Crippen MR) is 245 cm³/mol. The molecule has 0 amide bonds. The molecule has 0 saturated heterocycles. The first kappa shape index (κ1) is 59.3. The molecular weight excluding hydrogens is 838 g/mol. The molecule has 0 aromatic heterocycles. The molecule has 14 nitrogen and oxygen atoms in total. The van der Waals surface area contributed by atoms with E-state index in [4.69, 9.17) is 23.8 Å². The maximum atomic E-state index is 12.7. The monoisotopic (exact) mass is 916 g/mol. The summed E-state index contributed by atoms with van der Waals surface area (Å²) in [6, 6.07) is 0. The lowest BCUT2D eigenvalue weighted by molar-refractivity contribution is -0.161. The fourth-order valence-electron chi connectivity index (χ4n) is 5.43. The molecule has 356 valence electrons. The van der Waals surface area contributed by atoms with E-state index in [1.165, 1.54) is 19.3 Å². The van der Waals surface area contributed by atoms with Crippen LogP contribution in [0.5, 0.6) is 0 Å². The summed E-state index contributed by atoms with van der Waals surface area (Å²) in [5, 5.41) is 19.5. The molecule has 0 rings (SSSR count). The van der Waals surface area contributed by atoms with Gasteiger partial charge in [-0.3, -0.25) is 23.2 Å². The van der Waals surface area contributed by atoms with Gasteiger partial charge in [-0.15, -0.1) is 0 Å². The summed E-state index contributed by atoms with van der Waals surface area (Å²) in [7, 11) is -9.72. The number of hydrogen-bond donors (Lipinski definition) is 5. The van der Waals surface area contributed by atoms with Crippen molar-refractivity contribution in [1.29, 1.82) is 0 Å². The summed E-state index contributed by atoms with van der Waals surface area (Å²) in [6.45, 7) is 1.40.